The van der Waals surface area contributed by atoms with Crippen LogP contribution in [0.25, 0.3) is 0 Å². The van der Waals surface area contributed by atoms with E-state index < -0.39 is 16.1 Å². The third kappa shape index (κ3) is 8.79. The Bertz CT molecular complexity index is 1430. The number of nitrogens with one attached hydrogen (secondary N) is 1. The highest BCUT2D eigenvalue weighted by Gasteiger charge is 2.31. The van der Waals surface area contributed by atoms with Crippen LogP contribution in [0.15, 0.2) is 83.8 Å². The highest BCUT2D eigenvalue weighted by Crippen LogP contribution is 2.22. The molecule has 1 unspecified atom stereocenters. The molecule has 4 rings (SSSR count). The summed E-state index contributed by atoms with van der Waals surface area (Å²) in [6.07, 6.45) is 1.09. The molecule has 0 aromatic heterocycles. The Morgan fingerprint density at radius 3 is 2.21 bits per heavy atom. The van der Waals surface area contributed by atoms with Crippen molar-refractivity contribution in [3.8, 4) is 11.5 Å². The molecular weight excluding hydrogens is 570 g/mol. The predicted molar refractivity (Wildman–Crippen MR) is 162 cm³/mol. The SMILES string of the molecule is CCCNC(=O)C(Cc1ccccc1)N(Cc1ccc(OC)cc1)C(=O)COc1ccc(S(=O)(=O)N2CCOCC2)cc1. The molecule has 2 amide bonds. The second kappa shape index (κ2) is 15.5. The van der Waals surface area contributed by atoms with E-state index in [0.717, 1.165) is 17.5 Å². The van der Waals surface area contributed by atoms with Crippen molar-refractivity contribution >= 4 is 21.8 Å². The summed E-state index contributed by atoms with van der Waals surface area (Å²) < 4.78 is 43.7. The Labute approximate surface area is 253 Å². The van der Waals surface area contributed by atoms with Crippen molar-refractivity contribution in [1.29, 1.82) is 0 Å². The monoisotopic (exact) mass is 609 g/mol. The van der Waals surface area contributed by atoms with E-state index in [1.807, 2.05) is 61.5 Å². The van der Waals surface area contributed by atoms with Gasteiger partial charge in [-0.1, -0.05) is 49.4 Å². The largest absolute Gasteiger partial charge is 0.497 e. The number of methoxy groups -OCH3 is 1. The van der Waals surface area contributed by atoms with Crippen molar-refractivity contribution in [2.24, 2.45) is 0 Å². The molecule has 1 N–H and O–H groups in total. The molecule has 1 fully saturated rings. The summed E-state index contributed by atoms with van der Waals surface area (Å²) in [6.45, 7) is 3.62. The second-order valence-electron chi connectivity index (χ2n) is 10.1. The van der Waals surface area contributed by atoms with Crippen LogP contribution >= 0.6 is 0 Å². The lowest BCUT2D eigenvalue weighted by molar-refractivity contribution is -0.142. The van der Waals surface area contributed by atoms with Crippen molar-refractivity contribution in [3.63, 3.8) is 0 Å². The fraction of sp³-hybridized carbons (Fsp3) is 0.375. The van der Waals surface area contributed by atoms with Crippen molar-refractivity contribution in [2.75, 3.05) is 46.6 Å². The summed E-state index contributed by atoms with van der Waals surface area (Å²) in [7, 11) is -2.07. The first-order chi connectivity index (χ1) is 20.8. The molecule has 1 aliphatic rings. The average Bonchev–Trinajstić information content (AvgIpc) is 3.05. The average molecular weight is 610 g/mol. The number of sulfonamides is 1. The zero-order valence-corrected chi connectivity index (χ0v) is 25.4. The van der Waals surface area contributed by atoms with Crippen LogP contribution in [0.1, 0.15) is 24.5 Å². The van der Waals surface area contributed by atoms with Crippen LogP contribution < -0.4 is 14.8 Å². The molecule has 1 saturated heterocycles. The molecular formula is C32H39N3O7S. The topological polar surface area (TPSA) is 114 Å². The molecule has 0 spiro atoms. The molecule has 0 saturated carbocycles. The van der Waals surface area contributed by atoms with Crippen LogP contribution in [0.5, 0.6) is 11.5 Å². The van der Waals surface area contributed by atoms with Gasteiger partial charge < -0.3 is 24.4 Å². The summed E-state index contributed by atoms with van der Waals surface area (Å²) in [5.41, 5.74) is 1.75. The van der Waals surface area contributed by atoms with Crippen molar-refractivity contribution < 1.29 is 32.2 Å². The van der Waals surface area contributed by atoms with E-state index in [9.17, 15) is 18.0 Å². The molecule has 1 atom stereocenters. The van der Waals surface area contributed by atoms with E-state index in [1.54, 1.807) is 7.11 Å². The van der Waals surface area contributed by atoms with E-state index in [1.165, 1.54) is 33.5 Å². The minimum Gasteiger partial charge on any atom is -0.497 e. The number of carbonyl (C=O) groups is 2. The molecule has 3 aromatic rings. The Kier molecular flexibility index (Phi) is 11.5. The van der Waals surface area contributed by atoms with Crippen LogP contribution in [-0.2, 0) is 37.3 Å². The van der Waals surface area contributed by atoms with Gasteiger partial charge in [0.1, 0.15) is 17.5 Å². The molecule has 3 aromatic carbocycles. The maximum absolute atomic E-state index is 13.8. The Balaban J connectivity index is 1.54. The Morgan fingerprint density at radius 2 is 1.58 bits per heavy atom. The number of morpholine rings is 1. The van der Waals surface area contributed by atoms with Gasteiger partial charge >= 0.3 is 0 Å². The van der Waals surface area contributed by atoms with Gasteiger partial charge in [0.05, 0.1) is 25.2 Å². The van der Waals surface area contributed by atoms with E-state index in [0.29, 0.717) is 50.8 Å². The molecule has 0 aliphatic carbocycles. The summed E-state index contributed by atoms with van der Waals surface area (Å²) in [5, 5.41) is 2.95. The van der Waals surface area contributed by atoms with Crippen molar-refractivity contribution in [1.82, 2.24) is 14.5 Å². The van der Waals surface area contributed by atoms with Gasteiger partial charge in [-0.15, -0.1) is 0 Å². The van der Waals surface area contributed by atoms with Crippen LogP contribution in [-0.4, -0.2) is 82.0 Å². The third-order valence-corrected chi connectivity index (χ3v) is 9.04. The van der Waals surface area contributed by atoms with E-state index in [2.05, 4.69) is 5.32 Å². The Hall–Kier alpha value is -3.93. The van der Waals surface area contributed by atoms with E-state index >= 15 is 0 Å². The summed E-state index contributed by atoms with van der Waals surface area (Å²) in [4.78, 5) is 28.9. The normalized spacial score (nSPS) is 14.5. The maximum atomic E-state index is 13.8. The number of benzene rings is 3. The van der Waals surface area contributed by atoms with Crippen LogP contribution in [0.2, 0.25) is 0 Å². The molecule has 1 aliphatic heterocycles. The highest BCUT2D eigenvalue weighted by atomic mass is 32.2. The summed E-state index contributed by atoms with van der Waals surface area (Å²) in [6, 6.07) is 22.1. The molecule has 10 nitrogen and oxygen atoms in total. The lowest BCUT2D eigenvalue weighted by Crippen LogP contribution is -2.51. The second-order valence-corrected chi connectivity index (χ2v) is 12.1. The van der Waals surface area contributed by atoms with Gasteiger partial charge in [-0.25, -0.2) is 8.42 Å². The number of carbonyl (C=O) groups excluding carboxylic acids is 2. The van der Waals surface area contributed by atoms with Crippen LogP contribution in [0.4, 0.5) is 0 Å². The summed E-state index contributed by atoms with van der Waals surface area (Å²) >= 11 is 0. The fourth-order valence-electron chi connectivity index (χ4n) is 4.72. The number of nitrogens with zero attached hydrogens (tertiary/aromatic N) is 2. The van der Waals surface area contributed by atoms with Gasteiger partial charge in [0.15, 0.2) is 6.61 Å². The Morgan fingerprint density at radius 1 is 0.930 bits per heavy atom. The lowest BCUT2D eigenvalue weighted by Gasteiger charge is -2.31. The van der Waals surface area contributed by atoms with Gasteiger partial charge in [0.25, 0.3) is 5.91 Å². The van der Waals surface area contributed by atoms with Gasteiger partial charge in [-0.05, 0) is 53.9 Å². The minimum atomic E-state index is -3.65. The van der Waals surface area contributed by atoms with Crippen molar-refractivity contribution in [3.05, 3.63) is 90.0 Å². The fourth-order valence-corrected chi connectivity index (χ4v) is 6.13. The molecule has 0 radical (unpaired) electrons. The van der Waals surface area contributed by atoms with Gasteiger partial charge in [0.2, 0.25) is 15.9 Å². The molecule has 230 valence electrons. The zero-order valence-electron chi connectivity index (χ0n) is 24.6. The first-order valence-corrected chi connectivity index (χ1v) is 15.8. The van der Waals surface area contributed by atoms with Gasteiger partial charge in [-0.3, -0.25) is 9.59 Å². The highest BCUT2D eigenvalue weighted by molar-refractivity contribution is 7.89. The number of ether oxygens (including phenoxy) is 3. The van der Waals surface area contributed by atoms with Crippen LogP contribution in [0.3, 0.4) is 0 Å². The summed E-state index contributed by atoms with van der Waals surface area (Å²) in [5.74, 6) is 0.401. The quantitative estimate of drug-likeness (QED) is 0.299. The zero-order chi connectivity index (χ0) is 30.7. The standard InChI is InChI=1S/C32H39N3O7S/c1-3-17-33-32(37)30(22-25-7-5-4-6-8-25)35(23-26-9-11-27(40-2)12-10-26)31(36)24-42-28-13-15-29(16-14-28)43(38,39)34-18-20-41-21-19-34/h4-16,30H,3,17-24H2,1-2H3,(H,33,37). The van der Waals surface area contributed by atoms with Crippen molar-refractivity contribution in [2.45, 2.75) is 37.2 Å². The van der Waals surface area contributed by atoms with E-state index in [-0.39, 0.29) is 29.9 Å². The van der Waals surface area contributed by atoms with Crippen LogP contribution in [0, 0.1) is 0 Å². The predicted octanol–water partition coefficient (Wildman–Crippen LogP) is 3.26. The smallest absolute Gasteiger partial charge is 0.261 e. The first kappa shape index (κ1) is 32.0. The number of hydrogen-bond acceptors (Lipinski definition) is 7. The van der Waals surface area contributed by atoms with E-state index in [4.69, 9.17) is 14.2 Å². The lowest BCUT2D eigenvalue weighted by atomic mass is 10.0. The number of rotatable bonds is 14. The molecule has 43 heavy (non-hydrogen) atoms. The van der Waals surface area contributed by atoms with Gasteiger partial charge in [-0.2, -0.15) is 4.31 Å². The van der Waals surface area contributed by atoms with Gasteiger partial charge in [0, 0.05) is 32.6 Å². The molecule has 0 bridgehead atoms. The molecule has 11 heteroatoms. The third-order valence-electron chi connectivity index (χ3n) is 7.13. The number of hydrogen-bond donors (Lipinski definition) is 1. The molecule has 1 heterocycles. The maximum Gasteiger partial charge on any atom is 0.261 e. The minimum absolute atomic E-state index is 0.143. The first-order valence-electron chi connectivity index (χ1n) is 14.4. The number of amides is 2.